The summed E-state index contributed by atoms with van der Waals surface area (Å²) in [5.41, 5.74) is 0. The van der Waals surface area contributed by atoms with E-state index in [2.05, 4.69) is 31.4 Å². The second-order valence-electron chi connectivity index (χ2n) is 5.88. The van der Waals surface area contributed by atoms with Crippen LogP contribution in [0.1, 0.15) is 52.9 Å². The predicted molar refractivity (Wildman–Crippen MR) is 71.9 cm³/mol. The summed E-state index contributed by atoms with van der Waals surface area (Å²) < 4.78 is 0. The van der Waals surface area contributed by atoms with Gasteiger partial charge in [-0.2, -0.15) is 0 Å². The van der Waals surface area contributed by atoms with E-state index in [1.54, 1.807) is 0 Å². The van der Waals surface area contributed by atoms with E-state index >= 15 is 0 Å². The normalized spacial score (nSPS) is 17.2. The van der Waals surface area contributed by atoms with Crippen molar-refractivity contribution in [2.45, 2.75) is 58.9 Å². The van der Waals surface area contributed by atoms with Crippen LogP contribution in [0.15, 0.2) is 0 Å². The number of carbonyl (C=O) groups is 1. The summed E-state index contributed by atoms with van der Waals surface area (Å²) in [6.45, 7) is 8.84. The number of carbonyl (C=O) groups excluding carboxylic acids is 1. The van der Waals surface area contributed by atoms with Gasteiger partial charge in [0, 0.05) is 12.5 Å². The highest BCUT2D eigenvalue weighted by atomic mass is 16.1. The Kier molecular flexibility index (Phi) is 6.56. The third-order valence-corrected chi connectivity index (χ3v) is 3.07. The molecule has 100 valence electrons. The second kappa shape index (κ2) is 7.70. The molecule has 1 aliphatic carbocycles. The molecule has 1 rings (SSSR count). The van der Waals surface area contributed by atoms with Crippen molar-refractivity contribution in [3.63, 3.8) is 0 Å². The summed E-state index contributed by atoms with van der Waals surface area (Å²) in [6, 6.07) is 0.501. The molecule has 1 atom stereocenters. The van der Waals surface area contributed by atoms with Gasteiger partial charge in [-0.05, 0) is 50.6 Å². The van der Waals surface area contributed by atoms with E-state index < -0.39 is 0 Å². The Labute approximate surface area is 106 Å². The van der Waals surface area contributed by atoms with Crippen molar-refractivity contribution < 1.29 is 4.79 Å². The zero-order chi connectivity index (χ0) is 12.7. The van der Waals surface area contributed by atoms with Crippen molar-refractivity contribution in [3.8, 4) is 0 Å². The first-order chi connectivity index (χ1) is 8.08. The van der Waals surface area contributed by atoms with Crippen molar-refractivity contribution in [2.75, 3.05) is 13.1 Å². The largest absolute Gasteiger partial charge is 0.353 e. The van der Waals surface area contributed by atoms with Crippen LogP contribution in [-0.2, 0) is 4.79 Å². The van der Waals surface area contributed by atoms with Crippen LogP contribution in [0.2, 0.25) is 0 Å². The van der Waals surface area contributed by atoms with Crippen LogP contribution >= 0.6 is 0 Å². The van der Waals surface area contributed by atoms with Gasteiger partial charge in [0.25, 0.3) is 0 Å². The first kappa shape index (κ1) is 14.5. The Morgan fingerprint density at radius 1 is 1.29 bits per heavy atom. The fraction of sp³-hybridized carbons (Fsp3) is 0.929. The topological polar surface area (TPSA) is 41.1 Å². The molecule has 1 amide bonds. The zero-order valence-corrected chi connectivity index (χ0v) is 11.6. The molecule has 0 heterocycles. The highest BCUT2D eigenvalue weighted by molar-refractivity contribution is 5.76. The van der Waals surface area contributed by atoms with Gasteiger partial charge in [0.15, 0.2) is 0 Å². The van der Waals surface area contributed by atoms with E-state index in [-0.39, 0.29) is 5.91 Å². The molecule has 17 heavy (non-hydrogen) atoms. The minimum atomic E-state index is 0.226. The second-order valence-corrected chi connectivity index (χ2v) is 5.88. The van der Waals surface area contributed by atoms with Crippen LogP contribution in [0.4, 0.5) is 0 Å². The first-order valence-corrected chi connectivity index (χ1v) is 7.08. The van der Waals surface area contributed by atoms with Crippen molar-refractivity contribution in [3.05, 3.63) is 0 Å². The van der Waals surface area contributed by atoms with Gasteiger partial charge < -0.3 is 10.6 Å². The van der Waals surface area contributed by atoms with Crippen LogP contribution in [-0.4, -0.2) is 25.0 Å². The lowest BCUT2D eigenvalue weighted by Crippen LogP contribution is -2.27. The molecule has 1 fully saturated rings. The maximum absolute atomic E-state index is 11.4. The number of rotatable bonds is 9. The third-order valence-electron chi connectivity index (χ3n) is 3.07. The van der Waals surface area contributed by atoms with E-state index in [1.165, 1.54) is 19.3 Å². The average molecular weight is 240 g/mol. The summed E-state index contributed by atoms with van der Waals surface area (Å²) in [7, 11) is 0. The van der Waals surface area contributed by atoms with E-state index in [9.17, 15) is 4.79 Å². The lowest BCUT2D eigenvalue weighted by Gasteiger charge is -2.14. The molecule has 0 radical (unpaired) electrons. The fourth-order valence-corrected chi connectivity index (χ4v) is 2.14. The highest BCUT2D eigenvalue weighted by Crippen LogP contribution is 2.18. The van der Waals surface area contributed by atoms with Gasteiger partial charge in [0.05, 0.1) is 0 Å². The summed E-state index contributed by atoms with van der Waals surface area (Å²) in [6.07, 6.45) is 5.25. The van der Waals surface area contributed by atoms with Crippen LogP contribution in [0.3, 0.4) is 0 Å². The molecule has 0 bridgehead atoms. The molecular weight excluding hydrogens is 212 g/mol. The first-order valence-electron chi connectivity index (χ1n) is 7.08. The average Bonchev–Trinajstić information content (AvgIpc) is 2.99. The Morgan fingerprint density at radius 2 is 2.00 bits per heavy atom. The quantitative estimate of drug-likeness (QED) is 0.607. The van der Waals surface area contributed by atoms with Gasteiger partial charge in [-0.1, -0.05) is 20.8 Å². The van der Waals surface area contributed by atoms with E-state index in [4.69, 9.17) is 0 Å². The molecule has 0 aliphatic heterocycles. The molecule has 0 aromatic carbocycles. The lowest BCUT2D eigenvalue weighted by atomic mass is 9.99. The predicted octanol–water partition coefficient (Wildman–Crippen LogP) is 2.32. The summed E-state index contributed by atoms with van der Waals surface area (Å²) in [4.78, 5) is 11.4. The monoisotopic (exact) mass is 240 g/mol. The van der Waals surface area contributed by atoms with E-state index in [0.29, 0.717) is 12.5 Å². The number of amides is 1. The molecular formula is C14H28N2O. The summed E-state index contributed by atoms with van der Waals surface area (Å²) in [5, 5.41) is 6.45. The van der Waals surface area contributed by atoms with Crippen molar-refractivity contribution >= 4 is 5.91 Å². The Hall–Kier alpha value is -0.570. The van der Waals surface area contributed by atoms with Crippen LogP contribution in [0.25, 0.3) is 0 Å². The molecule has 0 spiro atoms. The highest BCUT2D eigenvalue weighted by Gasteiger charge is 2.22. The minimum absolute atomic E-state index is 0.226. The minimum Gasteiger partial charge on any atom is -0.353 e. The van der Waals surface area contributed by atoms with Crippen molar-refractivity contribution in [2.24, 2.45) is 11.8 Å². The van der Waals surface area contributed by atoms with Crippen LogP contribution in [0.5, 0.6) is 0 Å². The lowest BCUT2D eigenvalue weighted by molar-refractivity contribution is -0.121. The molecule has 1 aliphatic rings. The number of nitrogens with one attached hydrogen (secondary N) is 2. The van der Waals surface area contributed by atoms with Gasteiger partial charge in [-0.15, -0.1) is 0 Å². The fourth-order valence-electron chi connectivity index (χ4n) is 2.14. The SMILES string of the molecule is CC(C)CC(C)CNCCCC(=O)NC1CC1. The molecule has 2 N–H and O–H groups in total. The van der Waals surface area contributed by atoms with Gasteiger partial charge in [0.2, 0.25) is 5.91 Å². The smallest absolute Gasteiger partial charge is 0.220 e. The Balaban J connectivity index is 1.87. The zero-order valence-electron chi connectivity index (χ0n) is 11.6. The van der Waals surface area contributed by atoms with Gasteiger partial charge in [0.1, 0.15) is 0 Å². The van der Waals surface area contributed by atoms with E-state index in [1.807, 2.05) is 0 Å². The summed E-state index contributed by atoms with van der Waals surface area (Å²) >= 11 is 0. The number of hydrogen-bond acceptors (Lipinski definition) is 2. The van der Waals surface area contributed by atoms with Gasteiger partial charge >= 0.3 is 0 Å². The van der Waals surface area contributed by atoms with Gasteiger partial charge in [-0.25, -0.2) is 0 Å². The standard InChI is InChI=1S/C14H28N2O/c1-11(2)9-12(3)10-15-8-4-5-14(17)16-13-6-7-13/h11-13,15H,4-10H2,1-3H3,(H,16,17). The maximum Gasteiger partial charge on any atom is 0.220 e. The van der Waals surface area contributed by atoms with Crippen LogP contribution in [0, 0.1) is 11.8 Å². The van der Waals surface area contributed by atoms with Crippen molar-refractivity contribution in [1.29, 1.82) is 0 Å². The summed E-state index contributed by atoms with van der Waals surface area (Å²) in [5.74, 6) is 1.73. The number of hydrogen-bond donors (Lipinski definition) is 2. The Bertz CT molecular complexity index is 224. The third kappa shape index (κ3) is 8.19. The molecule has 1 saturated carbocycles. The molecule has 3 heteroatoms. The molecule has 0 aromatic rings. The molecule has 0 saturated heterocycles. The van der Waals surface area contributed by atoms with Gasteiger partial charge in [-0.3, -0.25) is 4.79 Å². The molecule has 1 unspecified atom stereocenters. The maximum atomic E-state index is 11.4. The molecule has 3 nitrogen and oxygen atoms in total. The molecule has 0 aromatic heterocycles. The van der Waals surface area contributed by atoms with E-state index in [0.717, 1.165) is 31.3 Å². The van der Waals surface area contributed by atoms with Crippen LogP contribution < -0.4 is 10.6 Å². The Morgan fingerprint density at radius 3 is 2.59 bits per heavy atom. The van der Waals surface area contributed by atoms with Crippen molar-refractivity contribution in [1.82, 2.24) is 10.6 Å².